The fourth-order valence-electron chi connectivity index (χ4n) is 1.39. The molecule has 0 saturated carbocycles. The Morgan fingerprint density at radius 3 is 3.00 bits per heavy atom. The van der Waals surface area contributed by atoms with Crippen molar-refractivity contribution >= 4 is 11.5 Å². The number of ether oxygens (including phenoxy) is 1. The molecule has 0 aliphatic rings. The summed E-state index contributed by atoms with van der Waals surface area (Å²) in [6, 6.07) is 2.78. The van der Waals surface area contributed by atoms with Gasteiger partial charge in [-0.1, -0.05) is 0 Å². The van der Waals surface area contributed by atoms with Crippen LogP contribution < -0.4 is 10.1 Å². The van der Waals surface area contributed by atoms with Gasteiger partial charge in [0, 0.05) is 24.5 Å². The highest BCUT2D eigenvalue weighted by Crippen LogP contribution is 2.24. The molecule has 0 fully saturated rings. The third kappa shape index (κ3) is 2.54. The predicted molar refractivity (Wildman–Crippen MR) is 63.4 cm³/mol. The lowest BCUT2D eigenvalue weighted by molar-refractivity contribution is -0.384. The number of pyridine rings is 1. The normalized spacial score (nSPS) is 10.1. The first kappa shape index (κ1) is 11.8. The van der Waals surface area contributed by atoms with Gasteiger partial charge in [0.2, 0.25) is 11.7 Å². The molecule has 0 radical (unpaired) electrons. The molecule has 8 nitrogen and oxygen atoms in total. The van der Waals surface area contributed by atoms with Crippen LogP contribution in [-0.2, 0) is 6.54 Å². The van der Waals surface area contributed by atoms with E-state index in [9.17, 15) is 10.1 Å². The Bertz CT molecular complexity index is 540. The molecule has 2 aromatic heterocycles. The van der Waals surface area contributed by atoms with Gasteiger partial charge in [-0.15, -0.1) is 0 Å². The summed E-state index contributed by atoms with van der Waals surface area (Å²) in [5, 5.41) is 13.7. The number of hydrogen-bond acceptors (Lipinski definition) is 6. The number of aromatic amines is 1. The van der Waals surface area contributed by atoms with E-state index in [1.165, 1.54) is 19.2 Å². The van der Waals surface area contributed by atoms with E-state index < -0.39 is 4.92 Å². The number of anilines is 1. The van der Waals surface area contributed by atoms with Crippen LogP contribution in [0.15, 0.2) is 24.5 Å². The summed E-state index contributed by atoms with van der Waals surface area (Å²) in [6.45, 7) is 0.313. The first-order chi connectivity index (χ1) is 8.70. The topological polar surface area (TPSA) is 106 Å². The molecule has 0 aliphatic heterocycles. The van der Waals surface area contributed by atoms with E-state index >= 15 is 0 Å². The molecule has 0 atom stereocenters. The monoisotopic (exact) mass is 249 g/mol. The molecule has 0 spiro atoms. The van der Waals surface area contributed by atoms with E-state index in [1.54, 1.807) is 12.4 Å². The smallest absolute Gasteiger partial charge is 0.311 e. The van der Waals surface area contributed by atoms with Crippen LogP contribution in [0.25, 0.3) is 0 Å². The molecule has 0 unspecified atom stereocenters. The van der Waals surface area contributed by atoms with Crippen LogP contribution in [0.1, 0.15) is 5.82 Å². The lowest BCUT2D eigenvalue weighted by atomic mass is 10.4. The van der Waals surface area contributed by atoms with Crippen LogP contribution in [0.2, 0.25) is 0 Å². The van der Waals surface area contributed by atoms with Crippen molar-refractivity contribution in [3.63, 3.8) is 0 Å². The fraction of sp³-hybridized carbons (Fsp3) is 0.200. The summed E-state index contributed by atoms with van der Waals surface area (Å²) >= 11 is 0. The fourth-order valence-corrected chi connectivity index (χ4v) is 1.39. The third-order valence-electron chi connectivity index (χ3n) is 2.23. The van der Waals surface area contributed by atoms with Crippen molar-refractivity contribution in [2.45, 2.75) is 6.54 Å². The minimum atomic E-state index is -0.503. The molecule has 2 rings (SSSR count). The number of methoxy groups -OCH3 is 1. The second-order valence-corrected chi connectivity index (χ2v) is 3.37. The summed E-state index contributed by atoms with van der Waals surface area (Å²) in [7, 11) is 1.45. The van der Waals surface area contributed by atoms with Crippen LogP contribution in [-0.4, -0.2) is 27.0 Å². The van der Waals surface area contributed by atoms with Gasteiger partial charge in [0.25, 0.3) is 0 Å². The molecule has 2 aromatic rings. The molecule has 0 bridgehead atoms. The molecule has 94 valence electrons. The van der Waals surface area contributed by atoms with Gasteiger partial charge in [0.05, 0.1) is 18.6 Å². The van der Waals surface area contributed by atoms with Gasteiger partial charge in [0.15, 0.2) is 0 Å². The lowest BCUT2D eigenvalue weighted by Crippen LogP contribution is -2.06. The van der Waals surface area contributed by atoms with Gasteiger partial charge in [-0.05, 0) is 0 Å². The average Bonchev–Trinajstić information content (AvgIpc) is 2.88. The van der Waals surface area contributed by atoms with Gasteiger partial charge in [0.1, 0.15) is 5.82 Å². The second kappa shape index (κ2) is 5.13. The number of rotatable bonds is 5. The van der Waals surface area contributed by atoms with Crippen molar-refractivity contribution < 1.29 is 9.66 Å². The Hall–Kier alpha value is -2.64. The number of nitro groups is 1. The standard InChI is InChI=1S/C10H11N5O3/c1-18-9-3-2-7(15(16)17)10(14-9)13-6-8-11-4-5-12-8/h2-5H,6H2,1H3,(H,11,12)(H,13,14). The highest BCUT2D eigenvalue weighted by Gasteiger charge is 2.16. The number of imidazole rings is 1. The van der Waals surface area contributed by atoms with Gasteiger partial charge < -0.3 is 15.0 Å². The van der Waals surface area contributed by atoms with Crippen LogP contribution in [0.3, 0.4) is 0 Å². The van der Waals surface area contributed by atoms with Crippen LogP contribution in [0, 0.1) is 10.1 Å². The van der Waals surface area contributed by atoms with E-state index in [0.717, 1.165) is 0 Å². The molecule has 8 heteroatoms. The molecule has 0 amide bonds. The highest BCUT2D eigenvalue weighted by atomic mass is 16.6. The summed E-state index contributed by atoms with van der Waals surface area (Å²) in [6.07, 6.45) is 3.27. The molecule has 2 heterocycles. The molecule has 0 aliphatic carbocycles. The third-order valence-corrected chi connectivity index (χ3v) is 2.23. The van der Waals surface area contributed by atoms with Crippen molar-refractivity contribution in [3.8, 4) is 5.88 Å². The first-order valence-electron chi connectivity index (χ1n) is 5.12. The highest BCUT2D eigenvalue weighted by molar-refractivity contribution is 5.56. The van der Waals surface area contributed by atoms with Crippen LogP contribution in [0.5, 0.6) is 5.88 Å². The summed E-state index contributed by atoms with van der Waals surface area (Å²) < 4.78 is 4.93. The summed E-state index contributed by atoms with van der Waals surface area (Å²) in [5.41, 5.74) is -0.109. The molecular weight excluding hydrogens is 238 g/mol. The predicted octanol–water partition coefficient (Wildman–Crippen LogP) is 1.33. The number of nitrogens with one attached hydrogen (secondary N) is 2. The summed E-state index contributed by atoms with van der Waals surface area (Å²) in [4.78, 5) is 21.2. The van der Waals surface area contributed by atoms with E-state index in [2.05, 4.69) is 20.3 Å². The number of hydrogen-bond donors (Lipinski definition) is 2. The first-order valence-corrected chi connectivity index (χ1v) is 5.12. The van der Waals surface area contributed by atoms with E-state index in [1.807, 2.05) is 0 Å². The number of nitrogens with zero attached hydrogens (tertiary/aromatic N) is 3. The Labute approximate surface area is 102 Å². The number of aromatic nitrogens is 3. The Morgan fingerprint density at radius 1 is 1.56 bits per heavy atom. The lowest BCUT2D eigenvalue weighted by Gasteiger charge is -2.06. The largest absolute Gasteiger partial charge is 0.481 e. The maximum absolute atomic E-state index is 10.8. The molecule has 0 saturated heterocycles. The van der Waals surface area contributed by atoms with Crippen molar-refractivity contribution in [1.82, 2.24) is 15.0 Å². The van der Waals surface area contributed by atoms with E-state index in [0.29, 0.717) is 18.2 Å². The van der Waals surface area contributed by atoms with Gasteiger partial charge in [-0.25, -0.2) is 4.98 Å². The molecule has 2 N–H and O–H groups in total. The van der Waals surface area contributed by atoms with Crippen LogP contribution in [0.4, 0.5) is 11.5 Å². The van der Waals surface area contributed by atoms with Gasteiger partial charge in [-0.2, -0.15) is 4.98 Å². The average molecular weight is 249 g/mol. The Kier molecular flexibility index (Phi) is 3.37. The zero-order chi connectivity index (χ0) is 13.0. The van der Waals surface area contributed by atoms with Crippen LogP contribution >= 0.6 is 0 Å². The molecule has 18 heavy (non-hydrogen) atoms. The maximum Gasteiger partial charge on any atom is 0.311 e. The van der Waals surface area contributed by atoms with E-state index in [4.69, 9.17) is 4.74 Å². The minimum Gasteiger partial charge on any atom is -0.481 e. The molecule has 0 aromatic carbocycles. The van der Waals surface area contributed by atoms with Gasteiger partial charge in [-0.3, -0.25) is 10.1 Å². The SMILES string of the molecule is COc1ccc([N+](=O)[O-])c(NCc2ncc[nH]2)n1. The second-order valence-electron chi connectivity index (χ2n) is 3.37. The quantitative estimate of drug-likeness (QED) is 0.611. The maximum atomic E-state index is 10.8. The molecular formula is C10H11N5O3. The van der Waals surface area contributed by atoms with Crippen molar-refractivity contribution in [1.29, 1.82) is 0 Å². The summed E-state index contributed by atoms with van der Waals surface area (Å²) in [5.74, 6) is 1.12. The zero-order valence-corrected chi connectivity index (χ0v) is 9.58. The van der Waals surface area contributed by atoms with Crippen molar-refractivity contribution in [2.24, 2.45) is 0 Å². The minimum absolute atomic E-state index is 0.109. The van der Waals surface area contributed by atoms with E-state index in [-0.39, 0.29) is 11.5 Å². The van der Waals surface area contributed by atoms with Gasteiger partial charge >= 0.3 is 5.69 Å². The van der Waals surface area contributed by atoms with Crippen molar-refractivity contribution in [2.75, 3.05) is 12.4 Å². The number of H-pyrrole nitrogens is 1. The van der Waals surface area contributed by atoms with Crippen molar-refractivity contribution in [3.05, 3.63) is 40.5 Å². The Balaban J connectivity index is 2.20. The Morgan fingerprint density at radius 2 is 2.39 bits per heavy atom. The zero-order valence-electron chi connectivity index (χ0n) is 9.58.